The predicted octanol–water partition coefficient (Wildman–Crippen LogP) is 0.756. The first-order chi connectivity index (χ1) is 9.70. The summed E-state index contributed by atoms with van der Waals surface area (Å²) in [4.78, 5) is 11.7. The van der Waals surface area contributed by atoms with Gasteiger partial charge in [0.2, 0.25) is 5.91 Å². The minimum absolute atomic E-state index is 0.0503. The Hall–Kier alpha value is -1.99. The minimum Gasteiger partial charge on any atom is -0.383 e. The molecule has 2 rings (SSSR count). The fourth-order valence-electron chi connectivity index (χ4n) is 1.60. The Morgan fingerprint density at radius 1 is 1.40 bits per heavy atom. The Bertz CT molecular complexity index is 569. The molecule has 8 heteroatoms. The monoisotopic (exact) mass is 295 g/mol. The van der Waals surface area contributed by atoms with Crippen molar-refractivity contribution < 1.29 is 9.53 Å². The number of tetrazole rings is 1. The van der Waals surface area contributed by atoms with Crippen molar-refractivity contribution in [2.45, 2.75) is 6.54 Å². The smallest absolute Gasteiger partial charge is 0.241 e. The lowest BCUT2D eigenvalue weighted by molar-refractivity contribution is -0.122. The van der Waals surface area contributed by atoms with E-state index in [0.717, 1.165) is 5.56 Å². The van der Waals surface area contributed by atoms with Crippen LogP contribution in [-0.2, 0) is 16.1 Å². The van der Waals surface area contributed by atoms with Crippen molar-refractivity contribution in [1.29, 1.82) is 0 Å². The average molecular weight is 296 g/mol. The van der Waals surface area contributed by atoms with E-state index >= 15 is 0 Å². The van der Waals surface area contributed by atoms with Gasteiger partial charge in [-0.15, -0.1) is 5.10 Å². The van der Waals surface area contributed by atoms with E-state index in [2.05, 4.69) is 20.8 Å². The van der Waals surface area contributed by atoms with Crippen LogP contribution < -0.4 is 5.32 Å². The minimum atomic E-state index is -0.176. The average Bonchev–Trinajstić information content (AvgIpc) is 2.88. The molecule has 0 unspecified atom stereocenters. The molecule has 1 aromatic heterocycles. The maximum Gasteiger partial charge on any atom is 0.241 e. The molecule has 0 radical (unpaired) electrons. The molecule has 0 bridgehead atoms. The van der Waals surface area contributed by atoms with Gasteiger partial charge >= 0.3 is 0 Å². The van der Waals surface area contributed by atoms with Crippen LogP contribution in [0.3, 0.4) is 0 Å². The maximum atomic E-state index is 11.7. The molecule has 20 heavy (non-hydrogen) atoms. The van der Waals surface area contributed by atoms with E-state index in [4.69, 9.17) is 16.3 Å². The van der Waals surface area contributed by atoms with Gasteiger partial charge in [-0.25, -0.2) is 4.68 Å². The van der Waals surface area contributed by atoms with Gasteiger partial charge in [-0.2, -0.15) is 0 Å². The highest BCUT2D eigenvalue weighted by Crippen LogP contribution is 2.18. The third-order valence-electron chi connectivity index (χ3n) is 2.56. The van der Waals surface area contributed by atoms with Crippen molar-refractivity contribution >= 4 is 17.5 Å². The second-order valence-electron chi connectivity index (χ2n) is 4.01. The summed E-state index contributed by atoms with van der Waals surface area (Å²) >= 11 is 5.83. The number of nitrogens with one attached hydrogen (secondary N) is 1. The standard InChI is InChI=1S/C12H14ClN5O2/c1-20-7-6-14-11(19)8-18-12(15-16-17-18)9-2-4-10(13)5-3-9/h2-5H,6-8H2,1H3,(H,14,19). The first-order valence-electron chi connectivity index (χ1n) is 5.98. The second kappa shape index (κ2) is 6.97. The summed E-state index contributed by atoms with van der Waals surface area (Å²) in [6, 6.07) is 7.09. The highest BCUT2D eigenvalue weighted by Gasteiger charge is 2.11. The highest BCUT2D eigenvalue weighted by molar-refractivity contribution is 6.30. The Morgan fingerprint density at radius 3 is 2.85 bits per heavy atom. The quantitative estimate of drug-likeness (QED) is 0.796. The van der Waals surface area contributed by atoms with E-state index in [1.165, 1.54) is 4.68 Å². The van der Waals surface area contributed by atoms with Crippen molar-refractivity contribution in [3.8, 4) is 11.4 Å². The number of rotatable bonds is 6. The van der Waals surface area contributed by atoms with Crippen molar-refractivity contribution in [3.05, 3.63) is 29.3 Å². The number of methoxy groups -OCH3 is 1. The zero-order valence-electron chi connectivity index (χ0n) is 10.9. The van der Waals surface area contributed by atoms with E-state index in [0.29, 0.717) is 24.0 Å². The van der Waals surface area contributed by atoms with Gasteiger partial charge < -0.3 is 10.1 Å². The molecule has 0 atom stereocenters. The number of ether oxygens (including phenoxy) is 1. The van der Waals surface area contributed by atoms with Gasteiger partial charge in [0.05, 0.1) is 6.61 Å². The van der Waals surface area contributed by atoms with Crippen LogP contribution in [0.2, 0.25) is 5.02 Å². The van der Waals surface area contributed by atoms with Crippen molar-refractivity contribution in [3.63, 3.8) is 0 Å². The summed E-state index contributed by atoms with van der Waals surface area (Å²) in [6.45, 7) is 0.966. The van der Waals surface area contributed by atoms with Gasteiger partial charge in [0.25, 0.3) is 0 Å². The van der Waals surface area contributed by atoms with Gasteiger partial charge in [-0.3, -0.25) is 4.79 Å². The fraction of sp³-hybridized carbons (Fsp3) is 0.333. The van der Waals surface area contributed by atoms with Crippen LogP contribution in [-0.4, -0.2) is 46.4 Å². The Kier molecular flexibility index (Phi) is 5.03. The topological polar surface area (TPSA) is 81.9 Å². The van der Waals surface area contributed by atoms with Gasteiger partial charge in [-0.05, 0) is 34.7 Å². The largest absolute Gasteiger partial charge is 0.383 e. The van der Waals surface area contributed by atoms with Gasteiger partial charge in [0.15, 0.2) is 5.82 Å². The zero-order chi connectivity index (χ0) is 14.4. The van der Waals surface area contributed by atoms with Crippen molar-refractivity contribution in [2.24, 2.45) is 0 Å². The molecule has 0 saturated carbocycles. The lowest BCUT2D eigenvalue weighted by atomic mass is 10.2. The van der Waals surface area contributed by atoms with E-state index in [1.54, 1.807) is 31.4 Å². The molecule has 0 fully saturated rings. The molecular formula is C12H14ClN5O2. The lowest BCUT2D eigenvalue weighted by Gasteiger charge is -2.06. The van der Waals surface area contributed by atoms with Gasteiger partial charge in [0.1, 0.15) is 6.54 Å². The SMILES string of the molecule is COCCNC(=O)Cn1nnnc1-c1ccc(Cl)cc1. The first-order valence-corrected chi connectivity index (χ1v) is 6.36. The van der Waals surface area contributed by atoms with Crippen LogP contribution >= 0.6 is 11.6 Å². The molecule has 0 aliphatic heterocycles. The van der Waals surface area contributed by atoms with Gasteiger partial charge in [0, 0.05) is 24.2 Å². The lowest BCUT2D eigenvalue weighted by Crippen LogP contribution is -2.30. The summed E-state index contributed by atoms with van der Waals surface area (Å²) in [6.07, 6.45) is 0. The van der Waals surface area contributed by atoms with E-state index < -0.39 is 0 Å². The number of benzene rings is 1. The third-order valence-corrected chi connectivity index (χ3v) is 2.81. The number of hydrogen-bond acceptors (Lipinski definition) is 5. The summed E-state index contributed by atoms with van der Waals surface area (Å²) in [7, 11) is 1.58. The molecule has 106 valence electrons. The second-order valence-corrected chi connectivity index (χ2v) is 4.45. The summed E-state index contributed by atoms with van der Waals surface area (Å²) in [5.41, 5.74) is 0.795. The van der Waals surface area contributed by atoms with E-state index in [1.807, 2.05) is 0 Å². The number of hydrogen-bond donors (Lipinski definition) is 1. The number of carbonyl (C=O) groups is 1. The molecule has 2 aromatic rings. The van der Waals surface area contributed by atoms with Crippen LogP contribution in [0.5, 0.6) is 0 Å². The molecule has 0 spiro atoms. The summed E-state index contributed by atoms with van der Waals surface area (Å²) in [5.74, 6) is 0.341. The van der Waals surface area contributed by atoms with E-state index in [-0.39, 0.29) is 12.5 Å². The van der Waals surface area contributed by atoms with Crippen LogP contribution in [0.25, 0.3) is 11.4 Å². The Labute approximate surface area is 120 Å². The highest BCUT2D eigenvalue weighted by atomic mass is 35.5. The van der Waals surface area contributed by atoms with Crippen LogP contribution in [0.15, 0.2) is 24.3 Å². The number of nitrogens with zero attached hydrogens (tertiary/aromatic N) is 4. The first kappa shape index (κ1) is 14.4. The fourth-order valence-corrected chi connectivity index (χ4v) is 1.73. The van der Waals surface area contributed by atoms with E-state index in [9.17, 15) is 4.79 Å². The molecule has 1 aromatic carbocycles. The number of amides is 1. The van der Waals surface area contributed by atoms with Crippen LogP contribution in [0.1, 0.15) is 0 Å². The Balaban J connectivity index is 2.05. The summed E-state index contributed by atoms with van der Waals surface area (Å²) < 4.78 is 6.29. The zero-order valence-corrected chi connectivity index (χ0v) is 11.7. The molecule has 0 saturated heterocycles. The molecule has 0 aliphatic carbocycles. The van der Waals surface area contributed by atoms with Crippen molar-refractivity contribution in [2.75, 3.05) is 20.3 Å². The Morgan fingerprint density at radius 2 is 2.15 bits per heavy atom. The van der Waals surface area contributed by atoms with Crippen LogP contribution in [0, 0.1) is 0 Å². The summed E-state index contributed by atoms with van der Waals surface area (Å²) in [5, 5.41) is 14.7. The van der Waals surface area contributed by atoms with Crippen molar-refractivity contribution in [1.82, 2.24) is 25.5 Å². The van der Waals surface area contributed by atoms with Crippen LogP contribution in [0.4, 0.5) is 0 Å². The molecule has 0 aliphatic rings. The maximum absolute atomic E-state index is 11.7. The predicted molar refractivity (Wildman–Crippen MR) is 73.1 cm³/mol. The number of halogens is 1. The molecule has 1 amide bonds. The van der Waals surface area contributed by atoms with Gasteiger partial charge in [-0.1, -0.05) is 11.6 Å². The molecule has 7 nitrogen and oxygen atoms in total. The molecule has 1 N–H and O–H groups in total. The third kappa shape index (κ3) is 3.75. The normalized spacial score (nSPS) is 10.5. The molecular weight excluding hydrogens is 282 g/mol. The number of aromatic nitrogens is 4. The molecule has 1 heterocycles. The number of carbonyl (C=O) groups excluding carboxylic acids is 1.